The number of para-hydroxylation sites is 1. The molecule has 0 radical (unpaired) electrons. The molecule has 0 fully saturated rings. The van der Waals surface area contributed by atoms with Crippen LogP contribution < -0.4 is 0 Å². The van der Waals surface area contributed by atoms with Crippen LogP contribution in [0.25, 0.3) is 22.6 Å². The summed E-state index contributed by atoms with van der Waals surface area (Å²) in [5, 5.41) is 0.755. The first-order valence-electron chi connectivity index (χ1n) is 11.8. The van der Waals surface area contributed by atoms with E-state index in [9.17, 15) is 14.0 Å². The van der Waals surface area contributed by atoms with E-state index in [0.717, 1.165) is 51.7 Å². The first-order valence-corrected chi connectivity index (χ1v) is 11.8. The Morgan fingerprint density at radius 3 is 2.44 bits per heavy atom. The number of nitrogens with zero attached hydrogens (tertiary/aromatic N) is 1. The van der Waals surface area contributed by atoms with E-state index in [1.807, 2.05) is 30.3 Å². The van der Waals surface area contributed by atoms with Crippen molar-refractivity contribution in [1.29, 1.82) is 0 Å². The maximum absolute atomic E-state index is 13.4. The number of carbonyl (C=O) groups excluding carboxylic acids is 2. The van der Waals surface area contributed by atoms with Crippen molar-refractivity contribution in [3.63, 3.8) is 0 Å². The summed E-state index contributed by atoms with van der Waals surface area (Å²) >= 11 is 0. The number of benzene rings is 3. The highest BCUT2D eigenvalue weighted by Gasteiger charge is 2.26. The fraction of sp³-hybridized carbons (Fsp3) is 0.167. The first-order chi connectivity index (χ1) is 17.5. The Kier molecular flexibility index (Phi) is 6.58. The SMILES string of the molecule is COC(=O)c1ccc(COC(=O)c2c3c(nc4ccccc24)C(=Cc2ccc(F)cc2)CCC3)cc1. The van der Waals surface area contributed by atoms with Crippen LogP contribution in [0.15, 0.2) is 72.8 Å². The Morgan fingerprint density at radius 2 is 1.69 bits per heavy atom. The average Bonchev–Trinajstić information content (AvgIpc) is 2.91. The predicted molar refractivity (Wildman–Crippen MR) is 136 cm³/mol. The number of pyridine rings is 1. The van der Waals surface area contributed by atoms with E-state index >= 15 is 0 Å². The van der Waals surface area contributed by atoms with Crippen LogP contribution in [0.4, 0.5) is 4.39 Å². The summed E-state index contributed by atoms with van der Waals surface area (Å²) < 4.78 is 23.8. The Hall–Kier alpha value is -4.32. The van der Waals surface area contributed by atoms with Crippen molar-refractivity contribution in [2.75, 3.05) is 7.11 Å². The van der Waals surface area contributed by atoms with Gasteiger partial charge in [-0.1, -0.05) is 42.5 Å². The van der Waals surface area contributed by atoms with Crippen molar-refractivity contribution in [2.24, 2.45) is 0 Å². The summed E-state index contributed by atoms with van der Waals surface area (Å²) in [5.41, 5.74) is 6.01. The van der Waals surface area contributed by atoms with Crippen LogP contribution in [0.2, 0.25) is 0 Å². The number of esters is 2. The lowest BCUT2D eigenvalue weighted by atomic mass is 9.86. The van der Waals surface area contributed by atoms with Gasteiger partial charge in [0.25, 0.3) is 0 Å². The second-order valence-corrected chi connectivity index (χ2v) is 8.67. The highest BCUT2D eigenvalue weighted by atomic mass is 19.1. The lowest BCUT2D eigenvalue weighted by Gasteiger charge is -2.22. The van der Waals surface area contributed by atoms with Crippen molar-refractivity contribution in [3.8, 4) is 0 Å². The van der Waals surface area contributed by atoms with Gasteiger partial charge in [0, 0.05) is 5.39 Å². The predicted octanol–water partition coefficient (Wildman–Crippen LogP) is 6.39. The van der Waals surface area contributed by atoms with Gasteiger partial charge in [0.2, 0.25) is 0 Å². The number of aromatic nitrogens is 1. The number of hydrogen-bond acceptors (Lipinski definition) is 5. The monoisotopic (exact) mass is 481 g/mol. The quantitative estimate of drug-likeness (QED) is 0.309. The van der Waals surface area contributed by atoms with Crippen molar-refractivity contribution >= 4 is 34.5 Å². The van der Waals surface area contributed by atoms with Gasteiger partial charge in [-0.3, -0.25) is 0 Å². The van der Waals surface area contributed by atoms with E-state index in [1.54, 1.807) is 36.4 Å². The molecular weight excluding hydrogens is 457 g/mol. The van der Waals surface area contributed by atoms with Crippen molar-refractivity contribution in [1.82, 2.24) is 4.98 Å². The fourth-order valence-electron chi connectivity index (χ4n) is 4.54. The summed E-state index contributed by atoms with van der Waals surface area (Å²) in [5.74, 6) is -1.11. The van der Waals surface area contributed by atoms with E-state index in [1.165, 1.54) is 19.2 Å². The van der Waals surface area contributed by atoms with Crippen LogP contribution in [-0.4, -0.2) is 24.0 Å². The number of rotatable bonds is 5. The zero-order chi connectivity index (χ0) is 25.1. The summed E-state index contributed by atoms with van der Waals surface area (Å²) in [4.78, 5) is 30.0. The summed E-state index contributed by atoms with van der Waals surface area (Å²) in [7, 11) is 1.33. The molecule has 3 aromatic carbocycles. The molecule has 5 nitrogen and oxygen atoms in total. The highest BCUT2D eigenvalue weighted by molar-refractivity contribution is 6.06. The Bertz CT molecular complexity index is 1470. The molecule has 0 spiro atoms. The summed E-state index contributed by atoms with van der Waals surface area (Å²) in [6, 6.07) is 20.7. The summed E-state index contributed by atoms with van der Waals surface area (Å²) in [6.45, 7) is 0.0734. The van der Waals surface area contributed by atoms with Gasteiger partial charge >= 0.3 is 11.9 Å². The van der Waals surface area contributed by atoms with Gasteiger partial charge in [-0.25, -0.2) is 19.0 Å². The molecule has 0 bridgehead atoms. The van der Waals surface area contributed by atoms with Crippen LogP contribution >= 0.6 is 0 Å². The molecule has 0 saturated carbocycles. The average molecular weight is 482 g/mol. The molecule has 0 N–H and O–H groups in total. The van der Waals surface area contributed by atoms with Crippen LogP contribution in [0, 0.1) is 5.82 Å². The topological polar surface area (TPSA) is 65.5 Å². The van der Waals surface area contributed by atoms with E-state index in [2.05, 4.69) is 0 Å². The molecule has 36 heavy (non-hydrogen) atoms. The fourth-order valence-corrected chi connectivity index (χ4v) is 4.54. The third-order valence-corrected chi connectivity index (χ3v) is 6.33. The molecule has 6 heteroatoms. The number of hydrogen-bond donors (Lipinski definition) is 0. The largest absolute Gasteiger partial charge is 0.465 e. The van der Waals surface area contributed by atoms with Crippen LogP contribution in [-0.2, 0) is 22.5 Å². The molecule has 180 valence electrons. The number of halogens is 1. The maximum Gasteiger partial charge on any atom is 0.339 e. The van der Waals surface area contributed by atoms with Crippen molar-refractivity contribution in [3.05, 3.63) is 112 Å². The molecule has 0 saturated heterocycles. The molecular formula is C30H24FNO4. The maximum atomic E-state index is 13.4. The minimum absolute atomic E-state index is 0.0734. The summed E-state index contributed by atoms with van der Waals surface area (Å²) in [6.07, 6.45) is 4.41. The standard InChI is InChI=1S/C30H24FNO4/c1-35-29(33)21-13-9-20(10-14-21)18-36-30(34)27-24-6-2-3-8-26(24)32-28-22(5-4-7-25(27)28)17-19-11-15-23(31)16-12-19/h2-3,6,8-17H,4-5,7,18H2,1H3. The molecule has 4 aromatic rings. The van der Waals surface area contributed by atoms with Gasteiger partial charge in [0.05, 0.1) is 29.4 Å². The molecule has 1 aliphatic carbocycles. The lowest BCUT2D eigenvalue weighted by molar-refractivity contribution is 0.0472. The van der Waals surface area contributed by atoms with Crippen LogP contribution in [0.1, 0.15) is 55.9 Å². The molecule has 1 aliphatic rings. The molecule has 5 rings (SSSR count). The van der Waals surface area contributed by atoms with Gasteiger partial charge in [-0.05, 0) is 77.9 Å². The van der Waals surface area contributed by atoms with Gasteiger partial charge in [-0.2, -0.15) is 0 Å². The first kappa shape index (κ1) is 23.4. The molecule has 0 aliphatic heterocycles. The Balaban J connectivity index is 1.49. The van der Waals surface area contributed by atoms with Crippen LogP contribution in [0.5, 0.6) is 0 Å². The normalized spacial score (nSPS) is 13.9. The number of fused-ring (bicyclic) bond motifs is 2. The Labute approximate surface area is 208 Å². The molecule has 1 aromatic heterocycles. The van der Waals surface area contributed by atoms with Gasteiger partial charge in [-0.15, -0.1) is 0 Å². The number of ether oxygens (including phenoxy) is 2. The molecule has 1 heterocycles. The third-order valence-electron chi connectivity index (χ3n) is 6.33. The molecule has 0 unspecified atom stereocenters. The minimum atomic E-state index is -0.419. The molecule has 0 atom stereocenters. The Morgan fingerprint density at radius 1 is 0.944 bits per heavy atom. The number of allylic oxidation sites excluding steroid dienone is 1. The zero-order valence-corrected chi connectivity index (χ0v) is 19.8. The smallest absolute Gasteiger partial charge is 0.339 e. The highest BCUT2D eigenvalue weighted by Crippen LogP contribution is 2.36. The number of carbonyl (C=O) groups is 2. The second-order valence-electron chi connectivity index (χ2n) is 8.67. The van der Waals surface area contributed by atoms with E-state index in [0.29, 0.717) is 17.5 Å². The van der Waals surface area contributed by atoms with Gasteiger partial charge < -0.3 is 9.47 Å². The van der Waals surface area contributed by atoms with Crippen LogP contribution in [0.3, 0.4) is 0 Å². The number of methoxy groups -OCH3 is 1. The van der Waals surface area contributed by atoms with E-state index in [4.69, 9.17) is 14.5 Å². The van der Waals surface area contributed by atoms with Gasteiger partial charge in [0.1, 0.15) is 12.4 Å². The minimum Gasteiger partial charge on any atom is -0.465 e. The van der Waals surface area contributed by atoms with E-state index in [-0.39, 0.29) is 12.4 Å². The third kappa shape index (κ3) is 4.75. The van der Waals surface area contributed by atoms with Crippen molar-refractivity contribution < 1.29 is 23.5 Å². The molecule has 0 amide bonds. The lowest BCUT2D eigenvalue weighted by Crippen LogP contribution is -2.15. The second kappa shape index (κ2) is 10.1. The van der Waals surface area contributed by atoms with E-state index < -0.39 is 11.9 Å². The zero-order valence-electron chi connectivity index (χ0n) is 19.8. The van der Waals surface area contributed by atoms with Gasteiger partial charge in [0.15, 0.2) is 0 Å². The van der Waals surface area contributed by atoms with Crippen molar-refractivity contribution in [2.45, 2.75) is 25.9 Å².